The Balaban J connectivity index is 2.84. The zero-order chi connectivity index (χ0) is 12.2. The second-order valence-electron chi connectivity index (χ2n) is 3.47. The zero-order valence-corrected chi connectivity index (χ0v) is 11.1. The summed E-state index contributed by atoms with van der Waals surface area (Å²) in [4.78, 5) is 0. The molecule has 0 amide bonds. The summed E-state index contributed by atoms with van der Waals surface area (Å²) in [6.07, 6.45) is 0. The molecule has 90 valence electrons. The molecular formula is C11H16ClNO2S. The van der Waals surface area contributed by atoms with E-state index in [4.69, 9.17) is 11.6 Å². The van der Waals surface area contributed by atoms with Crippen molar-refractivity contribution < 1.29 is 8.42 Å². The molecule has 3 nitrogen and oxygen atoms in total. The fourth-order valence-corrected chi connectivity index (χ4v) is 3.21. The number of rotatable bonds is 5. The van der Waals surface area contributed by atoms with Crippen LogP contribution in [-0.2, 0) is 15.8 Å². The molecule has 0 saturated heterocycles. The molecule has 0 bridgehead atoms. The number of hydrogen-bond acceptors (Lipinski definition) is 2. The average molecular weight is 262 g/mol. The SMILES string of the molecule is CCN(CC)S(=O)(=O)Cc1ccc(Cl)cc1. The van der Waals surface area contributed by atoms with Crippen molar-refractivity contribution in [1.82, 2.24) is 4.31 Å². The Labute approximate surface area is 102 Å². The highest BCUT2D eigenvalue weighted by Gasteiger charge is 2.18. The van der Waals surface area contributed by atoms with Crippen LogP contribution in [-0.4, -0.2) is 25.8 Å². The van der Waals surface area contributed by atoms with E-state index in [0.717, 1.165) is 5.56 Å². The summed E-state index contributed by atoms with van der Waals surface area (Å²) in [5.74, 6) is 0.0336. The molecule has 0 aliphatic carbocycles. The highest BCUT2D eigenvalue weighted by atomic mass is 35.5. The Morgan fingerprint density at radius 2 is 1.62 bits per heavy atom. The largest absolute Gasteiger partial charge is 0.218 e. The lowest BCUT2D eigenvalue weighted by Gasteiger charge is -2.18. The molecule has 0 unspecified atom stereocenters. The van der Waals surface area contributed by atoms with E-state index >= 15 is 0 Å². The lowest BCUT2D eigenvalue weighted by molar-refractivity contribution is 0.444. The zero-order valence-electron chi connectivity index (χ0n) is 9.48. The summed E-state index contributed by atoms with van der Waals surface area (Å²) < 4.78 is 25.3. The predicted molar refractivity (Wildman–Crippen MR) is 67.0 cm³/mol. The molecule has 0 radical (unpaired) electrons. The molecule has 0 aliphatic heterocycles. The van der Waals surface area contributed by atoms with Gasteiger partial charge in [0.1, 0.15) is 0 Å². The number of hydrogen-bond donors (Lipinski definition) is 0. The van der Waals surface area contributed by atoms with Crippen LogP contribution in [0.3, 0.4) is 0 Å². The first-order valence-corrected chi connectivity index (χ1v) is 7.20. The highest BCUT2D eigenvalue weighted by molar-refractivity contribution is 7.88. The molecule has 1 aromatic carbocycles. The second-order valence-corrected chi connectivity index (χ2v) is 5.87. The van der Waals surface area contributed by atoms with Crippen molar-refractivity contribution in [2.24, 2.45) is 0 Å². The van der Waals surface area contributed by atoms with Gasteiger partial charge in [0, 0.05) is 18.1 Å². The Morgan fingerprint density at radius 3 is 2.06 bits per heavy atom. The van der Waals surface area contributed by atoms with Gasteiger partial charge in [0.25, 0.3) is 0 Å². The maximum absolute atomic E-state index is 11.9. The summed E-state index contributed by atoms with van der Waals surface area (Å²) in [7, 11) is -3.20. The van der Waals surface area contributed by atoms with E-state index < -0.39 is 10.0 Å². The molecule has 16 heavy (non-hydrogen) atoms. The molecular weight excluding hydrogens is 246 g/mol. The molecule has 0 N–H and O–H groups in total. The topological polar surface area (TPSA) is 37.4 Å². The predicted octanol–water partition coefficient (Wildman–Crippen LogP) is 2.51. The number of benzene rings is 1. The van der Waals surface area contributed by atoms with Crippen molar-refractivity contribution >= 4 is 21.6 Å². The van der Waals surface area contributed by atoms with Crippen molar-refractivity contribution in [2.45, 2.75) is 19.6 Å². The van der Waals surface area contributed by atoms with Gasteiger partial charge in [-0.2, -0.15) is 0 Å². The van der Waals surface area contributed by atoms with Gasteiger partial charge in [0.15, 0.2) is 0 Å². The van der Waals surface area contributed by atoms with Gasteiger partial charge in [-0.3, -0.25) is 0 Å². The fourth-order valence-electron chi connectivity index (χ4n) is 1.50. The maximum Gasteiger partial charge on any atom is 0.218 e. The lowest BCUT2D eigenvalue weighted by Crippen LogP contribution is -2.31. The minimum atomic E-state index is -3.20. The molecule has 1 rings (SSSR count). The van der Waals surface area contributed by atoms with Crippen molar-refractivity contribution in [3.8, 4) is 0 Å². The van der Waals surface area contributed by atoms with Crippen LogP contribution >= 0.6 is 11.6 Å². The normalized spacial score (nSPS) is 12.0. The number of sulfonamides is 1. The average Bonchev–Trinajstić information content (AvgIpc) is 2.22. The summed E-state index contributed by atoms with van der Waals surface area (Å²) in [5.41, 5.74) is 0.760. The van der Waals surface area contributed by atoms with Gasteiger partial charge in [-0.15, -0.1) is 0 Å². The lowest BCUT2D eigenvalue weighted by atomic mass is 10.2. The summed E-state index contributed by atoms with van der Waals surface area (Å²) in [6, 6.07) is 6.88. The summed E-state index contributed by atoms with van der Waals surface area (Å²) in [5, 5.41) is 0.615. The van der Waals surface area contributed by atoms with Gasteiger partial charge in [0.2, 0.25) is 10.0 Å². The molecule has 0 aliphatic rings. The summed E-state index contributed by atoms with van der Waals surface area (Å²) >= 11 is 5.74. The third-order valence-electron chi connectivity index (χ3n) is 2.36. The van der Waals surface area contributed by atoms with Gasteiger partial charge in [0.05, 0.1) is 5.75 Å². The molecule has 0 saturated carbocycles. The second kappa shape index (κ2) is 5.66. The van der Waals surface area contributed by atoms with Gasteiger partial charge < -0.3 is 0 Å². The Morgan fingerprint density at radius 1 is 1.12 bits per heavy atom. The third-order valence-corrected chi connectivity index (χ3v) is 4.61. The van der Waals surface area contributed by atoms with Crippen LogP contribution in [0.5, 0.6) is 0 Å². The van der Waals surface area contributed by atoms with Crippen LogP contribution in [0.2, 0.25) is 5.02 Å². The molecule has 0 spiro atoms. The molecule has 1 aromatic rings. The Hall–Kier alpha value is -0.580. The Kier molecular flexibility index (Phi) is 4.77. The van der Waals surface area contributed by atoms with Crippen LogP contribution in [0.25, 0.3) is 0 Å². The maximum atomic E-state index is 11.9. The number of nitrogens with zero attached hydrogens (tertiary/aromatic N) is 1. The van der Waals surface area contributed by atoms with Crippen LogP contribution in [0.15, 0.2) is 24.3 Å². The van der Waals surface area contributed by atoms with Crippen LogP contribution in [0.1, 0.15) is 19.4 Å². The van der Waals surface area contributed by atoms with Gasteiger partial charge in [-0.25, -0.2) is 12.7 Å². The molecule has 5 heteroatoms. The molecule has 0 fully saturated rings. The van der Waals surface area contributed by atoms with Gasteiger partial charge in [-0.05, 0) is 17.7 Å². The first kappa shape index (κ1) is 13.5. The quantitative estimate of drug-likeness (QED) is 0.817. The standard InChI is InChI=1S/C11H16ClNO2S/c1-3-13(4-2)16(14,15)9-10-5-7-11(12)8-6-10/h5-8H,3-4,9H2,1-2H3. The minimum Gasteiger partial charge on any atom is -0.212 e. The van der Waals surface area contributed by atoms with E-state index in [9.17, 15) is 8.42 Å². The molecule has 0 aromatic heterocycles. The first-order chi connectivity index (χ1) is 7.49. The highest BCUT2D eigenvalue weighted by Crippen LogP contribution is 2.14. The third kappa shape index (κ3) is 3.47. The van der Waals surface area contributed by atoms with Crippen LogP contribution in [0, 0.1) is 0 Å². The van der Waals surface area contributed by atoms with E-state index in [2.05, 4.69) is 0 Å². The van der Waals surface area contributed by atoms with E-state index in [1.807, 2.05) is 13.8 Å². The monoisotopic (exact) mass is 261 g/mol. The van der Waals surface area contributed by atoms with E-state index in [1.54, 1.807) is 24.3 Å². The fraction of sp³-hybridized carbons (Fsp3) is 0.455. The summed E-state index contributed by atoms with van der Waals surface area (Å²) in [6.45, 7) is 4.69. The van der Waals surface area contributed by atoms with Crippen LogP contribution in [0.4, 0.5) is 0 Å². The van der Waals surface area contributed by atoms with Crippen molar-refractivity contribution in [3.05, 3.63) is 34.9 Å². The van der Waals surface area contributed by atoms with E-state index in [-0.39, 0.29) is 5.75 Å². The number of halogens is 1. The Bertz CT molecular complexity index is 424. The van der Waals surface area contributed by atoms with E-state index in [1.165, 1.54) is 4.31 Å². The molecule has 0 heterocycles. The molecule has 0 atom stereocenters. The van der Waals surface area contributed by atoms with E-state index in [0.29, 0.717) is 18.1 Å². The smallest absolute Gasteiger partial charge is 0.212 e. The van der Waals surface area contributed by atoms with Gasteiger partial charge >= 0.3 is 0 Å². The van der Waals surface area contributed by atoms with Crippen molar-refractivity contribution in [2.75, 3.05) is 13.1 Å². The van der Waals surface area contributed by atoms with Crippen LogP contribution < -0.4 is 0 Å². The first-order valence-electron chi connectivity index (χ1n) is 5.22. The van der Waals surface area contributed by atoms with Crippen molar-refractivity contribution in [3.63, 3.8) is 0 Å². The minimum absolute atomic E-state index is 0.0336. The van der Waals surface area contributed by atoms with Crippen molar-refractivity contribution in [1.29, 1.82) is 0 Å². The van der Waals surface area contributed by atoms with Gasteiger partial charge in [-0.1, -0.05) is 37.6 Å².